The fraction of sp³-hybridized carbons (Fsp3) is 0.316. The molecule has 0 unspecified atom stereocenters. The second-order valence-corrected chi connectivity index (χ2v) is 8.04. The molecule has 0 spiro atoms. The molecule has 1 amide bonds. The molecule has 0 aromatic heterocycles. The molecule has 2 aromatic carbocycles. The Morgan fingerprint density at radius 3 is 2.36 bits per heavy atom. The Hall–Kier alpha value is -2.46. The van der Waals surface area contributed by atoms with Gasteiger partial charge in [0, 0.05) is 27.3 Å². The number of ether oxygens (including phenoxy) is 3. The number of hydrogen-bond acceptors (Lipinski definition) is 6. The van der Waals surface area contributed by atoms with E-state index in [0.717, 1.165) is 0 Å². The van der Waals surface area contributed by atoms with Crippen molar-refractivity contribution in [3.05, 3.63) is 48.0 Å². The molecular formula is C19H22N2O6S. The standard InChI is InChI=1S/C19H22N2O6S/c1-25-11-9-21(10-12-26-2)28(23,24)14-7-8-17-15(13-14)19(22)20-16-5-3-4-6-18(16)27-17/h3-8,13H,9-12H2,1-2H3,(H,20,22). The van der Waals surface area contributed by atoms with Crippen molar-refractivity contribution in [2.45, 2.75) is 4.90 Å². The molecule has 0 bridgehead atoms. The molecule has 0 atom stereocenters. The minimum absolute atomic E-state index is 0.00293. The van der Waals surface area contributed by atoms with E-state index in [9.17, 15) is 13.2 Å². The Labute approximate surface area is 164 Å². The first-order chi connectivity index (χ1) is 13.5. The van der Waals surface area contributed by atoms with Crippen LogP contribution < -0.4 is 10.1 Å². The van der Waals surface area contributed by atoms with Crippen molar-refractivity contribution >= 4 is 21.6 Å². The van der Waals surface area contributed by atoms with Gasteiger partial charge in [0.2, 0.25) is 10.0 Å². The highest BCUT2D eigenvalue weighted by Crippen LogP contribution is 2.36. The first kappa shape index (κ1) is 20.3. The monoisotopic (exact) mass is 406 g/mol. The van der Waals surface area contributed by atoms with Crippen molar-refractivity contribution in [2.24, 2.45) is 0 Å². The Balaban J connectivity index is 1.96. The van der Waals surface area contributed by atoms with Crippen LogP contribution in [0, 0.1) is 0 Å². The van der Waals surface area contributed by atoms with Crippen molar-refractivity contribution in [2.75, 3.05) is 45.8 Å². The van der Waals surface area contributed by atoms with Crippen LogP contribution in [-0.2, 0) is 19.5 Å². The van der Waals surface area contributed by atoms with Gasteiger partial charge in [0.1, 0.15) is 5.75 Å². The summed E-state index contributed by atoms with van der Waals surface area (Å²) in [6, 6.07) is 11.3. The summed E-state index contributed by atoms with van der Waals surface area (Å²) in [5.74, 6) is 0.353. The number of para-hydroxylation sites is 2. The summed E-state index contributed by atoms with van der Waals surface area (Å²) in [5.41, 5.74) is 0.672. The number of carbonyl (C=O) groups is 1. The van der Waals surface area contributed by atoms with E-state index < -0.39 is 15.9 Å². The van der Waals surface area contributed by atoms with E-state index in [1.807, 2.05) is 0 Å². The molecule has 1 aliphatic heterocycles. The Morgan fingerprint density at radius 2 is 1.68 bits per heavy atom. The fourth-order valence-corrected chi connectivity index (χ4v) is 4.23. The number of rotatable bonds is 8. The van der Waals surface area contributed by atoms with Crippen LogP contribution in [0.3, 0.4) is 0 Å². The summed E-state index contributed by atoms with van der Waals surface area (Å²) in [7, 11) is -0.838. The number of nitrogens with one attached hydrogen (secondary N) is 1. The summed E-state index contributed by atoms with van der Waals surface area (Å²) < 4.78 is 43.3. The van der Waals surface area contributed by atoms with E-state index in [4.69, 9.17) is 14.2 Å². The summed E-state index contributed by atoms with van der Waals surface area (Å²) in [6.45, 7) is 0.834. The highest BCUT2D eigenvalue weighted by atomic mass is 32.2. The second-order valence-electron chi connectivity index (χ2n) is 6.10. The van der Waals surface area contributed by atoms with E-state index in [0.29, 0.717) is 17.2 Å². The summed E-state index contributed by atoms with van der Waals surface area (Å²) >= 11 is 0. The lowest BCUT2D eigenvalue weighted by Crippen LogP contribution is -2.36. The maximum absolute atomic E-state index is 13.1. The Bertz CT molecular complexity index is 953. The predicted octanol–water partition coefficient (Wildman–Crippen LogP) is 2.33. The van der Waals surface area contributed by atoms with E-state index in [-0.39, 0.29) is 36.8 Å². The van der Waals surface area contributed by atoms with Crippen LogP contribution in [0.4, 0.5) is 5.69 Å². The molecule has 2 aromatic rings. The van der Waals surface area contributed by atoms with Gasteiger partial charge in [0.15, 0.2) is 5.75 Å². The molecule has 8 nitrogen and oxygen atoms in total. The van der Waals surface area contributed by atoms with Crippen molar-refractivity contribution in [1.82, 2.24) is 4.31 Å². The Morgan fingerprint density at radius 1 is 1.00 bits per heavy atom. The van der Waals surface area contributed by atoms with Crippen LogP contribution in [0.1, 0.15) is 10.4 Å². The molecule has 150 valence electrons. The predicted molar refractivity (Wildman–Crippen MR) is 103 cm³/mol. The van der Waals surface area contributed by atoms with Crippen molar-refractivity contribution in [3.8, 4) is 11.5 Å². The van der Waals surface area contributed by atoms with Gasteiger partial charge in [-0.25, -0.2) is 8.42 Å². The van der Waals surface area contributed by atoms with Gasteiger partial charge in [-0.05, 0) is 30.3 Å². The summed E-state index contributed by atoms with van der Waals surface area (Å²) in [4.78, 5) is 12.6. The van der Waals surface area contributed by atoms with Gasteiger partial charge in [-0.1, -0.05) is 12.1 Å². The lowest BCUT2D eigenvalue weighted by Gasteiger charge is -2.22. The molecule has 1 heterocycles. The van der Waals surface area contributed by atoms with Crippen LogP contribution >= 0.6 is 0 Å². The lowest BCUT2D eigenvalue weighted by atomic mass is 10.2. The number of methoxy groups -OCH3 is 2. The first-order valence-electron chi connectivity index (χ1n) is 8.67. The average molecular weight is 406 g/mol. The van der Waals surface area contributed by atoms with Crippen LogP contribution in [-0.4, -0.2) is 59.2 Å². The largest absolute Gasteiger partial charge is 0.454 e. The Kier molecular flexibility index (Phi) is 6.30. The van der Waals surface area contributed by atoms with Crippen molar-refractivity contribution < 1.29 is 27.4 Å². The highest BCUT2D eigenvalue weighted by molar-refractivity contribution is 7.89. The normalized spacial score (nSPS) is 13.3. The number of fused-ring (bicyclic) bond motifs is 2. The number of benzene rings is 2. The van der Waals surface area contributed by atoms with Gasteiger partial charge in [0.25, 0.3) is 5.91 Å². The minimum atomic E-state index is -3.84. The van der Waals surface area contributed by atoms with Crippen LogP contribution in [0.2, 0.25) is 0 Å². The number of amides is 1. The topological polar surface area (TPSA) is 94.2 Å². The quantitative estimate of drug-likeness (QED) is 0.723. The van der Waals surface area contributed by atoms with Gasteiger partial charge in [-0.3, -0.25) is 4.79 Å². The number of sulfonamides is 1. The van der Waals surface area contributed by atoms with Gasteiger partial charge < -0.3 is 19.5 Å². The van der Waals surface area contributed by atoms with Gasteiger partial charge >= 0.3 is 0 Å². The molecule has 0 saturated carbocycles. The molecule has 9 heteroatoms. The average Bonchev–Trinajstić information content (AvgIpc) is 2.83. The maximum Gasteiger partial charge on any atom is 0.259 e. The van der Waals surface area contributed by atoms with Gasteiger partial charge in [-0.2, -0.15) is 4.31 Å². The number of anilines is 1. The smallest absolute Gasteiger partial charge is 0.259 e. The number of nitrogens with zero attached hydrogens (tertiary/aromatic N) is 1. The third-order valence-corrected chi connectivity index (χ3v) is 6.17. The molecule has 0 aliphatic carbocycles. The maximum atomic E-state index is 13.1. The van der Waals surface area contributed by atoms with E-state index >= 15 is 0 Å². The molecule has 0 saturated heterocycles. The second kappa shape index (κ2) is 8.70. The molecule has 0 radical (unpaired) electrons. The van der Waals surface area contributed by atoms with E-state index in [1.54, 1.807) is 24.3 Å². The minimum Gasteiger partial charge on any atom is -0.454 e. The molecule has 28 heavy (non-hydrogen) atoms. The number of carbonyl (C=O) groups excluding carboxylic acids is 1. The summed E-state index contributed by atoms with van der Waals surface area (Å²) in [5, 5.41) is 2.74. The SMILES string of the molecule is COCCN(CCOC)S(=O)(=O)c1ccc2c(c1)C(=O)Nc1ccccc1O2. The van der Waals surface area contributed by atoms with Crippen LogP contribution in [0.5, 0.6) is 11.5 Å². The third kappa shape index (κ3) is 4.17. The van der Waals surface area contributed by atoms with Gasteiger partial charge in [-0.15, -0.1) is 0 Å². The van der Waals surface area contributed by atoms with Crippen LogP contribution in [0.25, 0.3) is 0 Å². The fourth-order valence-electron chi connectivity index (χ4n) is 2.79. The van der Waals surface area contributed by atoms with Gasteiger partial charge in [0.05, 0.1) is 29.4 Å². The zero-order valence-electron chi connectivity index (χ0n) is 15.7. The van der Waals surface area contributed by atoms with Crippen molar-refractivity contribution in [3.63, 3.8) is 0 Å². The van der Waals surface area contributed by atoms with Crippen molar-refractivity contribution in [1.29, 1.82) is 0 Å². The van der Waals surface area contributed by atoms with E-state index in [2.05, 4.69) is 5.32 Å². The molecule has 0 fully saturated rings. The van der Waals surface area contributed by atoms with Crippen LogP contribution in [0.15, 0.2) is 47.4 Å². The first-order valence-corrected chi connectivity index (χ1v) is 10.1. The zero-order chi connectivity index (χ0) is 20.1. The molecular weight excluding hydrogens is 384 g/mol. The lowest BCUT2D eigenvalue weighted by molar-refractivity contribution is 0.102. The summed E-state index contributed by atoms with van der Waals surface area (Å²) in [6.07, 6.45) is 0. The van der Waals surface area contributed by atoms with E-state index in [1.165, 1.54) is 36.7 Å². The molecule has 1 N–H and O–H groups in total. The number of hydrogen-bond donors (Lipinski definition) is 1. The third-order valence-electron chi connectivity index (χ3n) is 4.28. The zero-order valence-corrected chi connectivity index (χ0v) is 16.5. The molecule has 1 aliphatic rings. The molecule has 3 rings (SSSR count). The highest BCUT2D eigenvalue weighted by Gasteiger charge is 2.28.